The molecular formula is C20H25ClN2O5S. The highest BCUT2D eigenvalue weighted by molar-refractivity contribution is 7.89. The van der Waals surface area contributed by atoms with Gasteiger partial charge < -0.3 is 14.8 Å². The van der Waals surface area contributed by atoms with Crippen molar-refractivity contribution in [2.24, 2.45) is 0 Å². The zero-order valence-corrected chi connectivity index (χ0v) is 17.9. The molecule has 1 amide bonds. The summed E-state index contributed by atoms with van der Waals surface area (Å²) in [6.07, 6.45) is 0.198. The fraction of sp³-hybridized carbons (Fsp3) is 0.350. The molecule has 2 N–H and O–H groups in total. The molecule has 0 fully saturated rings. The van der Waals surface area contributed by atoms with Crippen LogP contribution in [0.2, 0.25) is 5.02 Å². The summed E-state index contributed by atoms with van der Waals surface area (Å²) >= 11 is 6.12. The van der Waals surface area contributed by atoms with Gasteiger partial charge in [0.2, 0.25) is 15.9 Å². The van der Waals surface area contributed by atoms with Crippen LogP contribution in [0.4, 0.5) is 0 Å². The Bertz CT molecular complexity index is 906. The highest BCUT2D eigenvalue weighted by atomic mass is 35.5. The number of ether oxygens (including phenoxy) is 2. The van der Waals surface area contributed by atoms with Crippen LogP contribution in [0.5, 0.6) is 5.75 Å². The zero-order chi connectivity index (χ0) is 21.3. The average molecular weight is 441 g/mol. The summed E-state index contributed by atoms with van der Waals surface area (Å²) in [7, 11) is -2.47. The van der Waals surface area contributed by atoms with E-state index in [9.17, 15) is 13.2 Å². The molecule has 1 atom stereocenters. The molecule has 29 heavy (non-hydrogen) atoms. The second-order valence-corrected chi connectivity index (χ2v) is 8.29. The van der Waals surface area contributed by atoms with E-state index in [0.717, 1.165) is 5.56 Å². The lowest BCUT2D eigenvalue weighted by Gasteiger charge is -2.19. The monoisotopic (exact) mass is 440 g/mol. The molecule has 0 aliphatic rings. The summed E-state index contributed by atoms with van der Waals surface area (Å²) in [5, 5.41) is 2.86. The Morgan fingerprint density at radius 2 is 1.90 bits per heavy atom. The lowest BCUT2D eigenvalue weighted by molar-refractivity contribution is -0.122. The molecule has 0 aliphatic heterocycles. The van der Waals surface area contributed by atoms with Crippen LogP contribution in [0.25, 0.3) is 0 Å². The molecule has 9 heteroatoms. The number of methoxy groups -OCH3 is 1. The van der Waals surface area contributed by atoms with Crippen LogP contribution in [-0.4, -0.2) is 47.2 Å². The van der Waals surface area contributed by atoms with Crippen molar-refractivity contribution < 1.29 is 22.7 Å². The molecule has 2 aromatic rings. The van der Waals surface area contributed by atoms with Crippen molar-refractivity contribution in [1.29, 1.82) is 0 Å². The summed E-state index contributed by atoms with van der Waals surface area (Å²) in [6.45, 7) is 2.81. The fourth-order valence-corrected chi connectivity index (χ4v) is 4.13. The average Bonchev–Trinajstić information content (AvgIpc) is 2.70. The van der Waals surface area contributed by atoms with Gasteiger partial charge >= 0.3 is 0 Å². The first kappa shape index (κ1) is 23.2. The zero-order valence-electron chi connectivity index (χ0n) is 16.4. The van der Waals surface area contributed by atoms with Crippen LogP contribution in [0.15, 0.2) is 53.4 Å². The Labute approximate surface area is 176 Å². The molecule has 0 saturated heterocycles. The molecule has 1 unspecified atom stereocenters. The number of hydrogen-bond donors (Lipinski definition) is 2. The van der Waals surface area contributed by atoms with Crippen LogP contribution >= 0.6 is 11.6 Å². The van der Waals surface area contributed by atoms with E-state index in [2.05, 4.69) is 10.0 Å². The van der Waals surface area contributed by atoms with Crippen molar-refractivity contribution >= 4 is 27.5 Å². The Morgan fingerprint density at radius 3 is 2.52 bits per heavy atom. The predicted octanol–water partition coefficient (Wildman–Crippen LogP) is 2.39. The van der Waals surface area contributed by atoms with Crippen molar-refractivity contribution in [3.63, 3.8) is 0 Å². The van der Waals surface area contributed by atoms with E-state index in [4.69, 9.17) is 21.1 Å². The SMILES string of the molecule is CCOc1ccc(S(=O)(=O)NC(Cc2ccccc2)C(=O)NCCOC)cc1Cl. The Kier molecular flexibility index (Phi) is 8.91. The molecule has 7 nitrogen and oxygen atoms in total. The first-order valence-electron chi connectivity index (χ1n) is 9.12. The molecule has 158 valence electrons. The van der Waals surface area contributed by atoms with Crippen LogP contribution in [0.1, 0.15) is 12.5 Å². The second kappa shape index (κ2) is 11.2. The van der Waals surface area contributed by atoms with Crippen molar-refractivity contribution in [1.82, 2.24) is 10.0 Å². The van der Waals surface area contributed by atoms with Gasteiger partial charge in [0, 0.05) is 13.7 Å². The Balaban J connectivity index is 2.23. The predicted molar refractivity (Wildman–Crippen MR) is 112 cm³/mol. The number of carbonyl (C=O) groups excluding carboxylic acids is 1. The van der Waals surface area contributed by atoms with Gasteiger partial charge in [0.1, 0.15) is 11.8 Å². The number of amides is 1. The minimum atomic E-state index is -3.99. The molecule has 0 heterocycles. The summed E-state index contributed by atoms with van der Waals surface area (Å²) in [4.78, 5) is 12.6. The molecule has 0 saturated carbocycles. The van der Waals surface area contributed by atoms with E-state index in [1.54, 1.807) is 6.92 Å². The summed E-state index contributed by atoms with van der Waals surface area (Å²) in [5.74, 6) is -0.0437. The molecule has 2 aromatic carbocycles. The Morgan fingerprint density at radius 1 is 1.17 bits per heavy atom. The van der Waals surface area contributed by atoms with Gasteiger partial charge in [-0.1, -0.05) is 41.9 Å². The van der Waals surface area contributed by atoms with E-state index in [-0.39, 0.29) is 22.9 Å². The van der Waals surface area contributed by atoms with Crippen molar-refractivity contribution in [2.45, 2.75) is 24.3 Å². The van der Waals surface area contributed by atoms with Gasteiger partial charge in [-0.3, -0.25) is 4.79 Å². The van der Waals surface area contributed by atoms with Gasteiger partial charge in [-0.2, -0.15) is 4.72 Å². The van der Waals surface area contributed by atoms with Gasteiger partial charge in [-0.05, 0) is 37.1 Å². The third-order valence-corrected chi connectivity index (χ3v) is 5.78. The summed E-state index contributed by atoms with van der Waals surface area (Å²) < 4.78 is 38.5. The molecule has 2 rings (SSSR count). The highest BCUT2D eigenvalue weighted by Crippen LogP contribution is 2.27. The third kappa shape index (κ3) is 7.01. The number of sulfonamides is 1. The van der Waals surface area contributed by atoms with E-state index in [0.29, 0.717) is 19.0 Å². The molecule has 0 aliphatic carbocycles. The number of hydrogen-bond acceptors (Lipinski definition) is 5. The number of benzene rings is 2. The maximum Gasteiger partial charge on any atom is 0.241 e. The van der Waals surface area contributed by atoms with Crippen molar-refractivity contribution in [3.05, 3.63) is 59.1 Å². The molecule has 0 aromatic heterocycles. The van der Waals surface area contributed by atoms with Gasteiger partial charge in [0.15, 0.2) is 0 Å². The smallest absolute Gasteiger partial charge is 0.241 e. The number of nitrogens with one attached hydrogen (secondary N) is 2. The maximum atomic E-state index is 12.9. The quantitative estimate of drug-likeness (QED) is 0.523. The van der Waals surface area contributed by atoms with Crippen molar-refractivity contribution in [3.8, 4) is 5.75 Å². The first-order valence-corrected chi connectivity index (χ1v) is 11.0. The van der Waals surface area contributed by atoms with Gasteiger partial charge in [0.05, 0.1) is 23.1 Å². The van der Waals surface area contributed by atoms with E-state index in [1.165, 1.54) is 25.3 Å². The molecule has 0 radical (unpaired) electrons. The maximum absolute atomic E-state index is 12.9. The fourth-order valence-electron chi connectivity index (χ4n) is 2.61. The molecule has 0 spiro atoms. The molecular weight excluding hydrogens is 416 g/mol. The minimum Gasteiger partial charge on any atom is -0.492 e. The number of carbonyl (C=O) groups is 1. The Hall–Kier alpha value is -2.13. The minimum absolute atomic E-state index is 0.0475. The summed E-state index contributed by atoms with van der Waals surface area (Å²) in [5.41, 5.74) is 0.826. The van der Waals surface area contributed by atoms with Crippen LogP contribution in [0.3, 0.4) is 0 Å². The first-order chi connectivity index (χ1) is 13.9. The second-order valence-electron chi connectivity index (χ2n) is 6.17. The van der Waals surface area contributed by atoms with Gasteiger partial charge in [-0.25, -0.2) is 8.42 Å². The van der Waals surface area contributed by atoms with Crippen LogP contribution < -0.4 is 14.8 Å². The van der Waals surface area contributed by atoms with E-state index < -0.39 is 22.0 Å². The topological polar surface area (TPSA) is 93.7 Å². The third-order valence-electron chi connectivity index (χ3n) is 4.02. The van der Waals surface area contributed by atoms with Gasteiger partial charge in [0.25, 0.3) is 0 Å². The van der Waals surface area contributed by atoms with E-state index >= 15 is 0 Å². The summed E-state index contributed by atoms with van der Waals surface area (Å²) in [6, 6.07) is 12.4. The van der Waals surface area contributed by atoms with Crippen molar-refractivity contribution in [2.75, 3.05) is 26.9 Å². The lowest BCUT2D eigenvalue weighted by Crippen LogP contribution is -2.48. The standard InChI is InChI=1S/C20H25ClN2O5S/c1-3-28-19-10-9-16(14-17(19)21)29(25,26)23-18(20(24)22-11-12-27-2)13-15-7-5-4-6-8-15/h4-10,14,18,23H,3,11-13H2,1-2H3,(H,22,24). The lowest BCUT2D eigenvalue weighted by atomic mass is 10.1. The molecule has 0 bridgehead atoms. The van der Waals surface area contributed by atoms with Crippen LogP contribution in [-0.2, 0) is 26.0 Å². The van der Waals surface area contributed by atoms with Gasteiger partial charge in [-0.15, -0.1) is 0 Å². The highest BCUT2D eigenvalue weighted by Gasteiger charge is 2.26. The number of rotatable bonds is 11. The largest absolute Gasteiger partial charge is 0.492 e. The van der Waals surface area contributed by atoms with Crippen LogP contribution in [0, 0.1) is 0 Å². The number of halogens is 1. The van der Waals surface area contributed by atoms with E-state index in [1.807, 2.05) is 30.3 Å². The normalized spacial score (nSPS) is 12.4.